The first-order chi connectivity index (χ1) is 12.7. The summed E-state index contributed by atoms with van der Waals surface area (Å²) in [5.74, 6) is 1.07. The average molecular weight is 393 g/mol. The maximum Gasteiger partial charge on any atom is 0.225 e. The number of hydrogen-bond acceptors (Lipinski definition) is 2. The molecule has 27 heavy (non-hydrogen) atoms. The third-order valence-corrected chi connectivity index (χ3v) is 5.15. The van der Waals surface area contributed by atoms with Gasteiger partial charge in [-0.25, -0.2) is 0 Å². The van der Waals surface area contributed by atoms with Gasteiger partial charge in [-0.15, -0.1) is 0 Å². The van der Waals surface area contributed by atoms with Crippen LogP contribution in [0.5, 0.6) is 0 Å². The van der Waals surface area contributed by atoms with Gasteiger partial charge in [-0.3, -0.25) is 9.79 Å². The second-order valence-corrected chi connectivity index (χ2v) is 8.59. The fraction of sp³-hybridized carbons (Fsp3) is 0.619. The minimum Gasteiger partial charge on any atom is -0.357 e. The molecule has 0 aliphatic carbocycles. The van der Waals surface area contributed by atoms with Crippen molar-refractivity contribution in [3.05, 3.63) is 34.9 Å². The first-order valence-electron chi connectivity index (χ1n) is 9.82. The number of carbonyl (C=O) groups excluding carboxylic acids is 1. The summed E-state index contributed by atoms with van der Waals surface area (Å²) >= 11 is 6.15. The van der Waals surface area contributed by atoms with E-state index in [1.807, 2.05) is 36.9 Å². The zero-order valence-corrected chi connectivity index (χ0v) is 17.9. The summed E-state index contributed by atoms with van der Waals surface area (Å²) in [6, 6.07) is 8.20. The molecular formula is C21H33ClN4O. The highest BCUT2D eigenvalue weighted by Gasteiger charge is 2.28. The van der Waals surface area contributed by atoms with Crippen molar-refractivity contribution < 1.29 is 4.79 Å². The summed E-state index contributed by atoms with van der Waals surface area (Å²) in [7, 11) is 0. The predicted molar refractivity (Wildman–Crippen MR) is 113 cm³/mol. The monoisotopic (exact) mass is 392 g/mol. The van der Waals surface area contributed by atoms with E-state index in [0.717, 1.165) is 37.0 Å². The molecule has 0 bridgehead atoms. The van der Waals surface area contributed by atoms with Gasteiger partial charge in [-0.2, -0.15) is 0 Å². The quantitative estimate of drug-likeness (QED) is 0.576. The van der Waals surface area contributed by atoms with Crippen LogP contribution in [0.4, 0.5) is 0 Å². The van der Waals surface area contributed by atoms with Gasteiger partial charge in [0, 0.05) is 42.0 Å². The van der Waals surface area contributed by atoms with Gasteiger partial charge in [0.15, 0.2) is 5.96 Å². The van der Waals surface area contributed by atoms with E-state index in [2.05, 4.69) is 37.5 Å². The smallest absolute Gasteiger partial charge is 0.225 e. The minimum absolute atomic E-state index is 0.0455. The van der Waals surface area contributed by atoms with Crippen molar-refractivity contribution >= 4 is 23.5 Å². The summed E-state index contributed by atoms with van der Waals surface area (Å²) < 4.78 is 0. The van der Waals surface area contributed by atoms with Crippen LogP contribution < -0.4 is 10.6 Å². The second kappa shape index (κ2) is 9.45. The van der Waals surface area contributed by atoms with Crippen LogP contribution in [0.25, 0.3) is 0 Å². The molecule has 150 valence electrons. The lowest BCUT2D eigenvalue weighted by Gasteiger charge is -2.25. The van der Waals surface area contributed by atoms with E-state index >= 15 is 0 Å². The molecule has 0 spiro atoms. The predicted octanol–water partition coefficient (Wildman–Crippen LogP) is 3.43. The number of hydrogen-bond donors (Lipinski definition) is 2. The highest BCUT2D eigenvalue weighted by Crippen LogP contribution is 2.26. The topological polar surface area (TPSA) is 56.7 Å². The highest BCUT2D eigenvalue weighted by atomic mass is 35.5. The number of rotatable bonds is 6. The molecule has 0 aromatic heterocycles. The van der Waals surface area contributed by atoms with Crippen molar-refractivity contribution in [3.63, 3.8) is 0 Å². The SMILES string of the molecule is CCNC(=NCC(C)(C)c1cccc(Cl)c1)NC1CCN(C(=O)C(C)C)C1. The van der Waals surface area contributed by atoms with Gasteiger partial charge in [0.25, 0.3) is 0 Å². The van der Waals surface area contributed by atoms with Crippen molar-refractivity contribution in [2.24, 2.45) is 10.9 Å². The summed E-state index contributed by atoms with van der Waals surface area (Å²) in [6.07, 6.45) is 0.945. The van der Waals surface area contributed by atoms with Gasteiger partial charge in [0.2, 0.25) is 5.91 Å². The van der Waals surface area contributed by atoms with Crippen molar-refractivity contribution in [1.82, 2.24) is 15.5 Å². The number of likely N-dealkylation sites (tertiary alicyclic amines) is 1. The van der Waals surface area contributed by atoms with Gasteiger partial charge in [-0.1, -0.05) is 51.4 Å². The number of guanidine groups is 1. The standard InChI is InChI=1S/C21H33ClN4O/c1-6-23-20(25-18-10-11-26(13-18)19(27)15(2)3)24-14-21(4,5)16-8-7-9-17(22)12-16/h7-9,12,15,18H,6,10-11,13-14H2,1-5H3,(H2,23,24,25). The van der Waals surface area contributed by atoms with Crippen molar-refractivity contribution in [2.75, 3.05) is 26.2 Å². The third-order valence-electron chi connectivity index (χ3n) is 4.92. The van der Waals surface area contributed by atoms with Gasteiger partial charge < -0.3 is 15.5 Å². The number of carbonyl (C=O) groups is 1. The van der Waals surface area contributed by atoms with Crippen LogP contribution in [0.15, 0.2) is 29.3 Å². The zero-order chi connectivity index (χ0) is 20.0. The van der Waals surface area contributed by atoms with E-state index in [9.17, 15) is 4.79 Å². The number of nitrogens with zero attached hydrogens (tertiary/aromatic N) is 2. The molecule has 0 saturated carbocycles. The Labute approximate surface area is 168 Å². The molecule has 6 heteroatoms. The first-order valence-corrected chi connectivity index (χ1v) is 10.2. The van der Waals surface area contributed by atoms with E-state index in [1.165, 1.54) is 5.56 Å². The first kappa shape index (κ1) is 21.5. The Kier molecular flexibility index (Phi) is 7.54. The van der Waals surface area contributed by atoms with E-state index in [4.69, 9.17) is 16.6 Å². The highest BCUT2D eigenvalue weighted by molar-refractivity contribution is 6.30. The van der Waals surface area contributed by atoms with Gasteiger partial charge in [-0.05, 0) is 31.0 Å². The summed E-state index contributed by atoms with van der Waals surface area (Å²) in [6.45, 7) is 13.3. The number of aliphatic imine (C=N–C) groups is 1. The van der Waals surface area contributed by atoms with Gasteiger partial charge >= 0.3 is 0 Å². The molecule has 0 radical (unpaired) electrons. The fourth-order valence-corrected chi connectivity index (χ4v) is 3.42. The molecule has 1 amide bonds. The van der Waals surface area contributed by atoms with Gasteiger partial charge in [0.05, 0.1) is 6.54 Å². The maximum absolute atomic E-state index is 12.2. The molecule has 2 N–H and O–H groups in total. The molecule has 1 saturated heterocycles. The lowest BCUT2D eigenvalue weighted by Crippen LogP contribution is -2.45. The summed E-state index contributed by atoms with van der Waals surface area (Å²) in [4.78, 5) is 18.9. The average Bonchev–Trinajstić information content (AvgIpc) is 3.07. The van der Waals surface area contributed by atoms with Crippen molar-refractivity contribution in [2.45, 2.75) is 52.5 Å². The van der Waals surface area contributed by atoms with Crippen LogP contribution >= 0.6 is 11.6 Å². The number of nitrogens with one attached hydrogen (secondary N) is 2. The Balaban J connectivity index is 2.01. The largest absolute Gasteiger partial charge is 0.357 e. The second-order valence-electron chi connectivity index (χ2n) is 8.16. The Morgan fingerprint density at radius 1 is 1.41 bits per heavy atom. The van der Waals surface area contributed by atoms with Crippen LogP contribution in [-0.4, -0.2) is 49.0 Å². The lowest BCUT2D eigenvalue weighted by atomic mass is 9.85. The van der Waals surface area contributed by atoms with Crippen LogP contribution in [0.2, 0.25) is 5.02 Å². The molecule has 2 rings (SSSR count). The summed E-state index contributed by atoms with van der Waals surface area (Å²) in [5, 5.41) is 7.56. The van der Waals surface area contributed by atoms with E-state index in [0.29, 0.717) is 6.54 Å². The van der Waals surface area contributed by atoms with Crippen molar-refractivity contribution in [1.29, 1.82) is 0 Å². The molecule has 1 unspecified atom stereocenters. The molecule has 1 fully saturated rings. The Bertz CT molecular complexity index is 672. The van der Waals surface area contributed by atoms with Crippen molar-refractivity contribution in [3.8, 4) is 0 Å². The molecule has 1 aliphatic heterocycles. The Hall–Kier alpha value is -1.75. The van der Waals surface area contributed by atoms with Crippen LogP contribution in [0.1, 0.15) is 46.6 Å². The lowest BCUT2D eigenvalue weighted by molar-refractivity contribution is -0.133. The molecule has 1 heterocycles. The molecular weight excluding hydrogens is 360 g/mol. The van der Waals surface area contributed by atoms with E-state index in [-0.39, 0.29) is 23.3 Å². The Morgan fingerprint density at radius 2 is 2.15 bits per heavy atom. The van der Waals surface area contributed by atoms with Crippen LogP contribution in [-0.2, 0) is 10.2 Å². The Morgan fingerprint density at radius 3 is 2.78 bits per heavy atom. The van der Waals surface area contributed by atoms with E-state index < -0.39 is 0 Å². The zero-order valence-electron chi connectivity index (χ0n) is 17.2. The summed E-state index contributed by atoms with van der Waals surface area (Å²) in [5.41, 5.74) is 1.05. The third kappa shape index (κ3) is 6.13. The number of amides is 1. The van der Waals surface area contributed by atoms with Crippen LogP contribution in [0.3, 0.4) is 0 Å². The normalized spacial score (nSPS) is 18.1. The molecule has 1 aromatic rings. The van der Waals surface area contributed by atoms with E-state index in [1.54, 1.807) is 0 Å². The maximum atomic E-state index is 12.2. The molecule has 1 atom stereocenters. The number of benzene rings is 1. The molecule has 1 aliphatic rings. The fourth-order valence-electron chi connectivity index (χ4n) is 3.23. The molecule has 5 nitrogen and oxygen atoms in total. The molecule has 1 aromatic carbocycles. The number of halogens is 1. The van der Waals surface area contributed by atoms with Gasteiger partial charge in [0.1, 0.15) is 0 Å². The van der Waals surface area contributed by atoms with Crippen LogP contribution in [0, 0.1) is 5.92 Å². The minimum atomic E-state index is -0.122.